The third-order valence-corrected chi connectivity index (χ3v) is 4.67. The van der Waals surface area contributed by atoms with Crippen LogP contribution in [-0.2, 0) is 11.2 Å². The Kier molecular flexibility index (Phi) is 5.66. The smallest absolute Gasteiger partial charge is 0.226 e. The lowest BCUT2D eigenvalue weighted by Crippen LogP contribution is -2.30. The standard InChI is InChI=1S/C24H18F2N2O2/c25-18-11-12-20(21(26)13-18)22-14-19(28-30-22)15-23(29)27-24(16-7-3-1-4-8-16)17-9-5-2-6-10-17/h1-14,24H,15H2,(H,27,29). The molecule has 150 valence electrons. The normalized spacial score (nSPS) is 10.9. The van der Waals surface area contributed by atoms with Crippen molar-refractivity contribution in [3.8, 4) is 11.3 Å². The SMILES string of the molecule is O=C(Cc1cc(-c2ccc(F)cc2F)on1)NC(c1ccccc1)c1ccccc1. The van der Waals surface area contributed by atoms with Crippen molar-refractivity contribution in [2.24, 2.45) is 0 Å². The predicted octanol–water partition coefficient (Wildman–Crippen LogP) is 5.07. The monoisotopic (exact) mass is 404 g/mol. The highest BCUT2D eigenvalue weighted by molar-refractivity contribution is 5.79. The van der Waals surface area contributed by atoms with Crippen molar-refractivity contribution < 1.29 is 18.1 Å². The van der Waals surface area contributed by atoms with E-state index in [1.807, 2.05) is 60.7 Å². The lowest BCUT2D eigenvalue weighted by Gasteiger charge is -2.19. The summed E-state index contributed by atoms with van der Waals surface area (Å²) < 4.78 is 32.2. The van der Waals surface area contributed by atoms with E-state index in [1.165, 1.54) is 12.1 Å². The molecule has 0 saturated heterocycles. The van der Waals surface area contributed by atoms with Gasteiger partial charge >= 0.3 is 0 Å². The molecule has 4 rings (SSSR count). The Morgan fingerprint density at radius 3 is 2.13 bits per heavy atom. The number of carbonyl (C=O) groups is 1. The van der Waals surface area contributed by atoms with Gasteiger partial charge in [0.2, 0.25) is 5.91 Å². The molecule has 0 atom stereocenters. The van der Waals surface area contributed by atoms with Crippen molar-refractivity contribution in [3.05, 3.63) is 113 Å². The molecule has 0 spiro atoms. The van der Waals surface area contributed by atoms with Crippen LogP contribution in [0.4, 0.5) is 8.78 Å². The van der Waals surface area contributed by atoms with Gasteiger partial charge in [-0.1, -0.05) is 65.8 Å². The Hall–Kier alpha value is -3.80. The molecule has 1 N–H and O–H groups in total. The topological polar surface area (TPSA) is 55.1 Å². The Balaban J connectivity index is 1.51. The minimum atomic E-state index is -0.754. The van der Waals surface area contributed by atoms with Crippen LogP contribution in [0.15, 0.2) is 89.5 Å². The van der Waals surface area contributed by atoms with E-state index in [9.17, 15) is 13.6 Å². The number of hydrogen-bond donors (Lipinski definition) is 1. The molecule has 0 bridgehead atoms. The van der Waals surface area contributed by atoms with Crippen LogP contribution in [0.25, 0.3) is 11.3 Å². The Labute approximate surface area is 172 Å². The molecule has 4 nitrogen and oxygen atoms in total. The number of benzene rings is 3. The maximum atomic E-state index is 13.9. The molecule has 0 unspecified atom stereocenters. The van der Waals surface area contributed by atoms with Crippen LogP contribution in [0.1, 0.15) is 22.9 Å². The molecule has 6 heteroatoms. The molecule has 1 aromatic heterocycles. The van der Waals surface area contributed by atoms with Gasteiger partial charge in [0.25, 0.3) is 0 Å². The van der Waals surface area contributed by atoms with Gasteiger partial charge in [-0.2, -0.15) is 0 Å². The molecule has 30 heavy (non-hydrogen) atoms. The first-order valence-corrected chi connectivity index (χ1v) is 9.40. The third-order valence-electron chi connectivity index (χ3n) is 4.67. The summed E-state index contributed by atoms with van der Waals surface area (Å²) >= 11 is 0. The van der Waals surface area contributed by atoms with E-state index in [0.717, 1.165) is 23.3 Å². The highest BCUT2D eigenvalue weighted by atomic mass is 19.1. The molecular weight excluding hydrogens is 386 g/mol. The van der Waals surface area contributed by atoms with Crippen LogP contribution in [-0.4, -0.2) is 11.1 Å². The van der Waals surface area contributed by atoms with Gasteiger partial charge in [-0.3, -0.25) is 4.79 Å². The van der Waals surface area contributed by atoms with Crippen LogP contribution >= 0.6 is 0 Å². The van der Waals surface area contributed by atoms with Crippen molar-refractivity contribution in [3.63, 3.8) is 0 Å². The van der Waals surface area contributed by atoms with Crippen LogP contribution in [0.3, 0.4) is 0 Å². The molecule has 0 fully saturated rings. The zero-order valence-electron chi connectivity index (χ0n) is 15.9. The summed E-state index contributed by atoms with van der Waals surface area (Å²) in [4.78, 5) is 12.7. The molecule has 0 saturated carbocycles. The van der Waals surface area contributed by atoms with Crippen LogP contribution in [0, 0.1) is 11.6 Å². The number of nitrogens with one attached hydrogen (secondary N) is 1. The second kappa shape index (κ2) is 8.69. The molecule has 0 aliphatic heterocycles. The number of nitrogens with zero attached hydrogens (tertiary/aromatic N) is 1. The number of rotatable bonds is 6. The van der Waals surface area contributed by atoms with Gasteiger partial charge in [0.15, 0.2) is 5.76 Å². The van der Waals surface area contributed by atoms with Crippen LogP contribution in [0.2, 0.25) is 0 Å². The van der Waals surface area contributed by atoms with Crippen molar-refractivity contribution >= 4 is 5.91 Å². The maximum absolute atomic E-state index is 13.9. The number of aromatic nitrogens is 1. The predicted molar refractivity (Wildman–Crippen MR) is 108 cm³/mol. The summed E-state index contributed by atoms with van der Waals surface area (Å²) in [5, 5.41) is 6.87. The number of carbonyl (C=O) groups excluding carboxylic acids is 1. The van der Waals surface area contributed by atoms with Gasteiger partial charge in [-0.05, 0) is 23.3 Å². The van der Waals surface area contributed by atoms with Crippen molar-refractivity contribution in [1.82, 2.24) is 10.5 Å². The molecule has 1 heterocycles. The van der Waals surface area contributed by atoms with E-state index in [4.69, 9.17) is 4.52 Å². The van der Waals surface area contributed by atoms with E-state index in [2.05, 4.69) is 10.5 Å². The van der Waals surface area contributed by atoms with Gasteiger partial charge < -0.3 is 9.84 Å². The molecule has 0 aliphatic carbocycles. The van der Waals surface area contributed by atoms with Crippen molar-refractivity contribution in [2.45, 2.75) is 12.5 Å². The third kappa shape index (κ3) is 4.43. The molecule has 3 aromatic carbocycles. The first-order chi connectivity index (χ1) is 14.6. The summed E-state index contributed by atoms with van der Waals surface area (Å²) in [5.74, 6) is -1.55. The summed E-state index contributed by atoms with van der Waals surface area (Å²) in [6, 6.07) is 23.6. The minimum Gasteiger partial charge on any atom is -0.356 e. The van der Waals surface area contributed by atoms with Gasteiger partial charge in [-0.15, -0.1) is 0 Å². The van der Waals surface area contributed by atoms with Gasteiger partial charge in [0.05, 0.1) is 23.7 Å². The highest BCUT2D eigenvalue weighted by Crippen LogP contribution is 2.25. The summed E-state index contributed by atoms with van der Waals surface area (Å²) in [7, 11) is 0. The average Bonchev–Trinajstić information content (AvgIpc) is 3.21. The van der Waals surface area contributed by atoms with Gasteiger partial charge in [0, 0.05) is 12.1 Å². The van der Waals surface area contributed by atoms with E-state index in [1.54, 1.807) is 0 Å². The van der Waals surface area contributed by atoms with E-state index in [0.29, 0.717) is 5.69 Å². The molecule has 4 aromatic rings. The van der Waals surface area contributed by atoms with Crippen LogP contribution in [0.5, 0.6) is 0 Å². The zero-order chi connectivity index (χ0) is 20.9. The largest absolute Gasteiger partial charge is 0.356 e. The molecular formula is C24H18F2N2O2. The summed E-state index contributed by atoms with van der Waals surface area (Å²) in [5.41, 5.74) is 2.34. The highest BCUT2D eigenvalue weighted by Gasteiger charge is 2.19. The molecule has 0 aliphatic rings. The van der Waals surface area contributed by atoms with Crippen LogP contribution < -0.4 is 5.32 Å². The Morgan fingerprint density at radius 1 is 0.900 bits per heavy atom. The fourth-order valence-electron chi connectivity index (χ4n) is 3.24. The Morgan fingerprint density at radius 2 is 1.53 bits per heavy atom. The van der Waals surface area contributed by atoms with E-state index in [-0.39, 0.29) is 29.7 Å². The summed E-state index contributed by atoms with van der Waals surface area (Å²) in [6.07, 6.45) is -0.0392. The zero-order valence-corrected chi connectivity index (χ0v) is 15.9. The molecule has 1 amide bonds. The quantitative estimate of drug-likeness (QED) is 0.488. The second-order valence-electron chi connectivity index (χ2n) is 6.81. The first-order valence-electron chi connectivity index (χ1n) is 9.40. The fourth-order valence-corrected chi connectivity index (χ4v) is 3.24. The fraction of sp³-hybridized carbons (Fsp3) is 0.0833. The number of hydrogen-bond acceptors (Lipinski definition) is 3. The lowest BCUT2D eigenvalue weighted by molar-refractivity contribution is -0.121. The lowest BCUT2D eigenvalue weighted by atomic mass is 9.98. The van der Waals surface area contributed by atoms with Crippen molar-refractivity contribution in [2.75, 3.05) is 0 Å². The number of halogens is 2. The summed E-state index contributed by atoms with van der Waals surface area (Å²) in [6.45, 7) is 0. The second-order valence-corrected chi connectivity index (χ2v) is 6.81. The van der Waals surface area contributed by atoms with Gasteiger partial charge in [0.1, 0.15) is 11.6 Å². The average molecular weight is 404 g/mol. The van der Waals surface area contributed by atoms with Crippen molar-refractivity contribution in [1.29, 1.82) is 0 Å². The maximum Gasteiger partial charge on any atom is 0.226 e. The number of amides is 1. The molecule has 0 radical (unpaired) electrons. The minimum absolute atomic E-state index is 0.0392. The van der Waals surface area contributed by atoms with E-state index >= 15 is 0 Å². The first kappa shape index (κ1) is 19.5. The van der Waals surface area contributed by atoms with E-state index < -0.39 is 11.6 Å². The Bertz CT molecular complexity index is 1100. The van der Waals surface area contributed by atoms with Gasteiger partial charge in [-0.25, -0.2) is 8.78 Å².